The van der Waals surface area contributed by atoms with E-state index in [0.717, 1.165) is 56.8 Å². The number of hydrogen-bond donors (Lipinski definition) is 1. The van der Waals surface area contributed by atoms with Gasteiger partial charge in [-0.05, 0) is 29.7 Å². The summed E-state index contributed by atoms with van der Waals surface area (Å²) < 4.78 is 10.6. The van der Waals surface area contributed by atoms with Gasteiger partial charge in [0.05, 0.1) is 24.8 Å². The molecule has 160 valence electrons. The summed E-state index contributed by atoms with van der Waals surface area (Å²) in [6.07, 6.45) is 1.77. The molecule has 2 aromatic rings. The van der Waals surface area contributed by atoms with Gasteiger partial charge in [-0.15, -0.1) is 0 Å². The van der Waals surface area contributed by atoms with Gasteiger partial charge in [-0.2, -0.15) is 0 Å². The third-order valence-corrected chi connectivity index (χ3v) is 5.15. The van der Waals surface area contributed by atoms with Crippen molar-refractivity contribution in [2.45, 2.75) is 32.4 Å². The van der Waals surface area contributed by atoms with E-state index in [9.17, 15) is 9.59 Å². The highest BCUT2D eigenvalue weighted by molar-refractivity contribution is 5.91. The molecule has 0 unspecified atom stereocenters. The molecule has 1 saturated heterocycles. The van der Waals surface area contributed by atoms with Crippen LogP contribution in [0.15, 0.2) is 54.6 Å². The maximum atomic E-state index is 12.3. The van der Waals surface area contributed by atoms with Crippen LogP contribution in [-0.2, 0) is 20.8 Å². The Kier molecular flexibility index (Phi) is 8.41. The molecule has 0 spiro atoms. The highest BCUT2D eigenvalue weighted by atomic mass is 16.5. The van der Waals surface area contributed by atoms with Crippen LogP contribution in [0.3, 0.4) is 0 Å². The van der Waals surface area contributed by atoms with Crippen LogP contribution in [0, 0.1) is 0 Å². The van der Waals surface area contributed by atoms with E-state index in [2.05, 4.69) is 17.1 Å². The van der Waals surface area contributed by atoms with Gasteiger partial charge in [0.15, 0.2) is 6.61 Å². The van der Waals surface area contributed by atoms with Crippen LogP contribution >= 0.6 is 0 Å². The summed E-state index contributed by atoms with van der Waals surface area (Å²) in [5, 5.41) is 2.96. The van der Waals surface area contributed by atoms with E-state index in [0.29, 0.717) is 5.56 Å². The zero-order chi connectivity index (χ0) is 21.2. The van der Waals surface area contributed by atoms with Gasteiger partial charge in [0.25, 0.3) is 5.91 Å². The number of carbonyl (C=O) groups excluding carboxylic acids is 2. The number of rotatable bonds is 9. The Balaban J connectivity index is 1.47. The molecule has 0 aliphatic carbocycles. The van der Waals surface area contributed by atoms with E-state index >= 15 is 0 Å². The molecule has 0 radical (unpaired) electrons. The Bertz CT molecular complexity index is 802. The molecule has 1 N–H and O–H groups in total. The van der Waals surface area contributed by atoms with E-state index in [1.165, 1.54) is 0 Å². The largest absolute Gasteiger partial charge is 0.452 e. The minimum Gasteiger partial charge on any atom is -0.452 e. The Morgan fingerprint density at radius 2 is 1.77 bits per heavy atom. The van der Waals surface area contributed by atoms with Gasteiger partial charge in [0, 0.05) is 19.6 Å². The van der Waals surface area contributed by atoms with Gasteiger partial charge in [-0.1, -0.05) is 55.8 Å². The highest BCUT2D eigenvalue weighted by Crippen LogP contribution is 2.18. The molecule has 0 aromatic heterocycles. The molecule has 1 atom stereocenters. The molecular formula is C24H30N2O4. The molecule has 6 nitrogen and oxygen atoms in total. The van der Waals surface area contributed by atoms with Crippen molar-refractivity contribution in [3.63, 3.8) is 0 Å². The van der Waals surface area contributed by atoms with E-state index < -0.39 is 5.97 Å². The summed E-state index contributed by atoms with van der Waals surface area (Å²) >= 11 is 0. The molecule has 3 rings (SSSR count). The topological polar surface area (TPSA) is 67.9 Å². The maximum absolute atomic E-state index is 12.3. The Morgan fingerprint density at radius 1 is 1.07 bits per heavy atom. The molecule has 0 saturated carbocycles. The predicted molar refractivity (Wildman–Crippen MR) is 115 cm³/mol. The lowest BCUT2D eigenvalue weighted by Gasteiger charge is -2.26. The van der Waals surface area contributed by atoms with Crippen LogP contribution < -0.4 is 5.32 Å². The van der Waals surface area contributed by atoms with Gasteiger partial charge in [0.1, 0.15) is 0 Å². The maximum Gasteiger partial charge on any atom is 0.338 e. The standard InChI is InChI=1S/C24H30N2O4/c1-2-6-22(20-7-4-3-5-8-20)25-23(27)18-30-24(28)21-11-9-19(10-12-21)17-26-13-15-29-16-14-26/h3-5,7-12,22H,2,6,13-18H2,1H3,(H,25,27)/t22-/m1/s1. The molecule has 1 aliphatic rings. The van der Waals surface area contributed by atoms with Crippen molar-refractivity contribution >= 4 is 11.9 Å². The fourth-order valence-corrected chi connectivity index (χ4v) is 3.51. The van der Waals surface area contributed by atoms with Crippen LogP contribution in [0.2, 0.25) is 0 Å². The Labute approximate surface area is 178 Å². The third-order valence-electron chi connectivity index (χ3n) is 5.15. The van der Waals surface area contributed by atoms with Gasteiger partial charge in [-0.3, -0.25) is 9.69 Å². The van der Waals surface area contributed by atoms with Crippen molar-refractivity contribution in [2.24, 2.45) is 0 Å². The number of morpholine rings is 1. The minimum atomic E-state index is -0.491. The second kappa shape index (κ2) is 11.5. The van der Waals surface area contributed by atoms with Crippen molar-refractivity contribution in [3.05, 3.63) is 71.3 Å². The van der Waals surface area contributed by atoms with E-state index in [-0.39, 0.29) is 18.6 Å². The second-order valence-electron chi connectivity index (χ2n) is 7.48. The summed E-state index contributed by atoms with van der Waals surface area (Å²) in [5.41, 5.74) is 2.63. The van der Waals surface area contributed by atoms with Crippen molar-refractivity contribution in [3.8, 4) is 0 Å². The van der Waals surface area contributed by atoms with Crippen LogP contribution in [0.4, 0.5) is 0 Å². The fourth-order valence-electron chi connectivity index (χ4n) is 3.51. The van der Waals surface area contributed by atoms with Crippen LogP contribution in [0.25, 0.3) is 0 Å². The molecule has 0 bridgehead atoms. The lowest BCUT2D eigenvalue weighted by atomic mass is 10.0. The number of hydrogen-bond acceptors (Lipinski definition) is 5. The normalized spacial score (nSPS) is 15.4. The number of ether oxygens (including phenoxy) is 2. The molecule has 2 aromatic carbocycles. The third kappa shape index (κ3) is 6.68. The summed E-state index contributed by atoms with van der Waals surface area (Å²) in [6.45, 7) is 5.97. The number of amides is 1. The lowest BCUT2D eigenvalue weighted by Crippen LogP contribution is -2.35. The Morgan fingerprint density at radius 3 is 2.43 bits per heavy atom. The second-order valence-corrected chi connectivity index (χ2v) is 7.48. The first-order chi connectivity index (χ1) is 14.7. The Hall–Kier alpha value is -2.70. The molecule has 30 heavy (non-hydrogen) atoms. The van der Waals surface area contributed by atoms with Crippen molar-refractivity contribution in [1.82, 2.24) is 10.2 Å². The van der Waals surface area contributed by atoms with Gasteiger partial charge >= 0.3 is 5.97 Å². The average Bonchev–Trinajstić information content (AvgIpc) is 2.79. The molecule has 1 heterocycles. The van der Waals surface area contributed by atoms with E-state index in [4.69, 9.17) is 9.47 Å². The molecule has 1 amide bonds. The van der Waals surface area contributed by atoms with Crippen molar-refractivity contribution in [1.29, 1.82) is 0 Å². The summed E-state index contributed by atoms with van der Waals surface area (Å²) in [6, 6.07) is 17.1. The SMILES string of the molecule is CCC[C@@H](NC(=O)COC(=O)c1ccc(CN2CCOCC2)cc1)c1ccccc1. The zero-order valence-electron chi connectivity index (χ0n) is 17.5. The van der Waals surface area contributed by atoms with Crippen LogP contribution in [0.5, 0.6) is 0 Å². The first kappa shape index (κ1) is 22.0. The quantitative estimate of drug-likeness (QED) is 0.642. The van der Waals surface area contributed by atoms with Crippen LogP contribution in [-0.4, -0.2) is 49.7 Å². The molecular weight excluding hydrogens is 380 g/mol. The smallest absolute Gasteiger partial charge is 0.338 e. The van der Waals surface area contributed by atoms with Gasteiger partial charge in [0.2, 0.25) is 0 Å². The van der Waals surface area contributed by atoms with E-state index in [1.807, 2.05) is 42.5 Å². The summed E-state index contributed by atoms with van der Waals surface area (Å²) in [4.78, 5) is 26.9. The number of esters is 1. The van der Waals surface area contributed by atoms with Crippen molar-refractivity contribution < 1.29 is 19.1 Å². The highest BCUT2D eigenvalue weighted by Gasteiger charge is 2.16. The number of nitrogens with zero attached hydrogens (tertiary/aromatic N) is 1. The van der Waals surface area contributed by atoms with Gasteiger partial charge < -0.3 is 14.8 Å². The fraction of sp³-hybridized carbons (Fsp3) is 0.417. The van der Waals surface area contributed by atoms with Gasteiger partial charge in [-0.25, -0.2) is 4.79 Å². The number of carbonyl (C=O) groups is 2. The number of benzene rings is 2. The summed E-state index contributed by atoms with van der Waals surface area (Å²) in [7, 11) is 0. The summed E-state index contributed by atoms with van der Waals surface area (Å²) in [5.74, 6) is -0.788. The molecule has 1 fully saturated rings. The van der Waals surface area contributed by atoms with E-state index in [1.54, 1.807) is 12.1 Å². The minimum absolute atomic E-state index is 0.0816. The van der Waals surface area contributed by atoms with Crippen LogP contribution in [0.1, 0.15) is 47.3 Å². The average molecular weight is 411 g/mol. The first-order valence-electron chi connectivity index (χ1n) is 10.6. The molecule has 6 heteroatoms. The molecule has 1 aliphatic heterocycles. The van der Waals surface area contributed by atoms with Crippen molar-refractivity contribution in [2.75, 3.05) is 32.9 Å². The first-order valence-corrected chi connectivity index (χ1v) is 10.6. The zero-order valence-corrected chi connectivity index (χ0v) is 17.5. The number of nitrogens with one attached hydrogen (secondary N) is 1. The monoisotopic (exact) mass is 410 g/mol. The lowest BCUT2D eigenvalue weighted by molar-refractivity contribution is -0.125. The predicted octanol–water partition coefficient (Wildman–Crippen LogP) is 3.33.